The van der Waals surface area contributed by atoms with Crippen LogP contribution in [0.25, 0.3) is 0 Å². The number of carbonyl (C=O) groups is 4. The van der Waals surface area contributed by atoms with Gasteiger partial charge in [-0.2, -0.15) is 0 Å². The van der Waals surface area contributed by atoms with Gasteiger partial charge in [0.05, 0.1) is 19.1 Å². The lowest BCUT2D eigenvalue weighted by molar-refractivity contribution is -0.160. The Kier molecular flexibility index (Phi) is 15.7. The number of carbonyl (C=O) groups excluding carboxylic acids is 4. The second-order valence-corrected chi connectivity index (χ2v) is 10.1. The van der Waals surface area contributed by atoms with E-state index in [2.05, 4.69) is 0 Å². The highest BCUT2D eigenvalue weighted by Crippen LogP contribution is 2.30. The average Bonchev–Trinajstić information content (AvgIpc) is 2.93. The molecule has 40 heavy (non-hydrogen) atoms. The van der Waals surface area contributed by atoms with Crippen LogP contribution in [0.4, 0.5) is 9.59 Å². The summed E-state index contributed by atoms with van der Waals surface area (Å²) in [7, 11) is 0. The van der Waals surface area contributed by atoms with Crippen LogP contribution in [-0.2, 0) is 35.0 Å². The maximum absolute atomic E-state index is 12.5. The molecule has 0 spiro atoms. The quantitative estimate of drug-likeness (QED) is 0.159. The Labute approximate surface area is 236 Å². The molecule has 0 amide bonds. The summed E-state index contributed by atoms with van der Waals surface area (Å²) in [6.07, 6.45) is -0.316. The van der Waals surface area contributed by atoms with Gasteiger partial charge >= 0.3 is 24.2 Å². The first-order valence-electron chi connectivity index (χ1n) is 13.8. The molecule has 0 fully saturated rings. The minimum Gasteiger partial charge on any atom is -0.462 e. The molecule has 1 aromatic carbocycles. The van der Waals surface area contributed by atoms with Crippen molar-refractivity contribution in [2.45, 2.75) is 86.3 Å². The fourth-order valence-electron chi connectivity index (χ4n) is 2.90. The summed E-state index contributed by atoms with van der Waals surface area (Å²) in [5, 5.41) is 0. The smallest absolute Gasteiger partial charge is 0.462 e. The van der Waals surface area contributed by atoms with Crippen molar-refractivity contribution in [1.82, 2.24) is 0 Å². The van der Waals surface area contributed by atoms with Crippen LogP contribution in [0.15, 0.2) is 18.2 Å². The Balaban J connectivity index is 2.90. The molecule has 0 aliphatic rings. The Bertz CT molecular complexity index is 966. The fourth-order valence-corrected chi connectivity index (χ4v) is 2.90. The molecule has 0 aliphatic carbocycles. The Morgan fingerprint density at radius 2 is 1.27 bits per heavy atom. The lowest BCUT2D eigenvalue weighted by Gasteiger charge is -2.18. The molecule has 0 heterocycles. The van der Waals surface area contributed by atoms with E-state index in [4.69, 9.17) is 34.2 Å². The van der Waals surface area contributed by atoms with Crippen LogP contribution in [0.5, 0.6) is 11.5 Å². The minimum absolute atomic E-state index is 0.0230. The summed E-state index contributed by atoms with van der Waals surface area (Å²) in [5.41, 5.74) is 6.56. The van der Waals surface area contributed by atoms with Crippen LogP contribution in [0.2, 0.25) is 0 Å². The summed E-state index contributed by atoms with van der Waals surface area (Å²) in [4.78, 5) is 48.9. The largest absolute Gasteiger partial charge is 0.513 e. The van der Waals surface area contributed by atoms with Crippen LogP contribution < -0.4 is 15.2 Å². The molecular formula is C29H45NO10. The first-order chi connectivity index (χ1) is 18.9. The first-order valence-corrected chi connectivity index (χ1v) is 13.8. The van der Waals surface area contributed by atoms with Crippen molar-refractivity contribution >= 4 is 24.2 Å². The van der Waals surface area contributed by atoms with Crippen LogP contribution in [0, 0.1) is 17.8 Å². The van der Waals surface area contributed by atoms with E-state index in [1.165, 1.54) is 12.1 Å². The fraction of sp³-hybridized carbons (Fsp3) is 0.655. The highest BCUT2D eigenvalue weighted by Gasteiger charge is 2.23. The van der Waals surface area contributed by atoms with E-state index in [0.29, 0.717) is 12.0 Å². The van der Waals surface area contributed by atoms with E-state index in [0.717, 1.165) is 12.8 Å². The van der Waals surface area contributed by atoms with Gasteiger partial charge in [0.25, 0.3) is 0 Å². The summed E-state index contributed by atoms with van der Waals surface area (Å²) in [6, 6.07) is 3.34. The first kappa shape index (κ1) is 34.7. The molecule has 3 unspecified atom stereocenters. The van der Waals surface area contributed by atoms with E-state index in [1.54, 1.807) is 19.9 Å². The van der Waals surface area contributed by atoms with Crippen molar-refractivity contribution in [2.75, 3.05) is 19.8 Å². The third-order valence-electron chi connectivity index (χ3n) is 6.31. The normalized spacial score (nSPS) is 14.6. The Morgan fingerprint density at radius 3 is 1.80 bits per heavy atom. The van der Waals surface area contributed by atoms with Crippen LogP contribution >= 0.6 is 0 Å². The minimum atomic E-state index is -1.06. The number of nitrogens with two attached hydrogens (primary N) is 1. The molecule has 226 valence electrons. The van der Waals surface area contributed by atoms with Crippen molar-refractivity contribution < 1.29 is 47.6 Å². The van der Waals surface area contributed by atoms with E-state index >= 15 is 0 Å². The zero-order valence-electron chi connectivity index (χ0n) is 24.7. The maximum Gasteiger partial charge on any atom is 0.513 e. The molecule has 1 aromatic rings. The summed E-state index contributed by atoms with van der Waals surface area (Å²) in [6.45, 7) is 13.3. The zero-order valence-corrected chi connectivity index (χ0v) is 24.7. The molecule has 0 bridgehead atoms. The third kappa shape index (κ3) is 13.1. The van der Waals surface area contributed by atoms with Gasteiger partial charge in [0.2, 0.25) is 0 Å². The number of ether oxygens (including phenoxy) is 6. The average molecular weight is 568 g/mol. The van der Waals surface area contributed by atoms with Crippen molar-refractivity contribution in [3.8, 4) is 11.5 Å². The van der Waals surface area contributed by atoms with Crippen LogP contribution in [0.1, 0.15) is 73.3 Å². The molecule has 0 saturated carbocycles. The molecule has 0 aliphatic heterocycles. The van der Waals surface area contributed by atoms with Gasteiger partial charge in [-0.3, -0.25) is 9.59 Å². The number of hydrogen-bond acceptors (Lipinski definition) is 11. The second kappa shape index (κ2) is 18.1. The molecule has 1 rings (SSSR count). The molecule has 11 heteroatoms. The Hall–Kier alpha value is -3.34. The van der Waals surface area contributed by atoms with Crippen molar-refractivity contribution in [3.05, 3.63) is 23.8 Å². The number of benzene rings is 1. The zero-order chi connectivity index (χ0) is 30.2. The van der Waals surface area contributed by atoms with Gasteiger partial charge in [-0.05, 0) is 49.3 Å². The molecule has 5 atom stereocenters. The summed E-state index contributed by atoms with van der Waals surface area (Å²) >= 11 is 0. The maximum atomic E-state index is 12.5. The lowest BCUT2D eigenvalue weighted by Crippen LogP contribution is -2.37. The van der Waals surface area contributed by atoms with Gasteiger partial charge in [0.1, 0.15) is 18.8 Å². The number of rotatable bonds is 16. The molecular weight excluding hydrogens is 522 g/mol. The lowest BCUT2D eigenvalue weighted by atomic mass is 10.1. The standard InChI is InChI=1S/C29H45NO10/c1-8-18(4)15-36-28(33)39-24-12-11-22(14-25(24)40-29(34)37-16-19(5)9-2)13-23(30)27(32)38-21(7)17-35-26(31)20(6)10-3/h11-12,14,18-21,23H,8-10,13,15-17,30H2,1-7H3/t18?,19?,20?,21-,23-/m0/s1. The topological polar surface area (TPSA) is 150 Å². The highest BCUT2D eigenvalue weighted by molar-refractivity contribution is 5.76. The number of hydrogen-bond donors (Lipinski definition) is 1. The highest BCUT2D eigenvalue weighted by atomic mass is 16.7. The van der Waals surface area contributed by atoms with Crippen molar-refractivity contribution in [1.29, 1.82) is 0 Å². The summed E-state index contributed by atoms with van der Waals surface area (Å²) < 4.78 is 31.3. The molecule has 2 N–H and O–H groups in total. The molecule has 11 nitrogen and oxygen atoms in total. The van der Waals surface area contributed by atoms with Gasteiger partial charge in [-0.15, -0.1) is 0 Å². The molecule has 0 radical (unpaired) electrons. The predicted molar refractivity (Wildman–Crippen MR) is 147 cm³/mol. The number of esters is 2. The molecule has 0 saturated heterocycles. The van der Waals surface area contributed by atoms with E-state index < -0.39 is 30.4 Å². The third-order valence-corrected chi connectivity index (χ3v) is 6.31. The van der Waals surface area contributed by atoms with Crippen LogP contribution in [0.3, 0.4) is 0 Å². The van der Waals surface area contributed by atoms with Gasteiger partial charge in [-0.1, -0.05) is 60.5 Å². The van der Waals surface area contributed by atoms with Crippen molar-refractivity contribution in [2.24, 2.45) is 23.5 Å². The monoisotopic (exact) mass is 567 g/mol. The SMILES string of the molecule is CCC(C)COC(=O)Oc1ccc(C[C@H](N)C(=O)O[C@@H](C)COC(=O)C(C)CC)cc1OC(=O)OCC(C)CC. The Morgan fingerprint density at radius 1 is 0.725 bits per heavy atom. The van der Waals surface area contributed by atoms with Gasteiger partial charge < -0.3 is 34.2 Å². The van der Waals surface area contributed by atoms with Gasteiger partial charge in [0, 0.05) is 0 Å². The van der Waals surface area contributed by atoms with Gasteiger partial charge in [-0.25, -0.2) is 9.59 Å². The summed E-state index contributed by atoms with van der Waals surface area (Å²) in [5.74, 6) is -1.19. The molecule has 0 aromatic heterocycles. The van der Waals surface area contributed by atoms with Gasteiger partial charge in [0.15, 0.2) is 11.5 Å². The van der Waals surface area contributed by atoms with E-state index in [-0.39, 0.29) is 61.5 Å². The van der Waals surface area contributed by atoms with E-state index in [9.17, 15) is 19.2 Å². The predicted octanol–water partition coefficient (Wildman–Crippen LogP) is 5.20. The second-order valence-electron chi connectivity index (χ2n) is 10.1. The van der Waals surface area contributed by atoms with Crippen LogP contribution in [-0.4, -0.2) is 56.2 Å². The van der Waals surface area contributed by atoms with Crippen molar-refractivity contribution in [3.63, 3.8) is 0 Å². The van der Waals surface area contributed by atoms with E-state index in [1.807, 2.05) is 34.6 Å².